The SMILES string of the molecule is Cc1nnnn1-c1cc(NC(=O)Cn2cnc3ccc(Br)cc3c2=O)ccc1F. The third-order valence-electron chi connectivity index (χ3n) is 4.18. The molecule has 2 aromatic heterocycles. The van der Waals surface area contributed by atoms with Crippen molar-refractivity contribution in [3.05, 3.63) is 69.2 Å². The Kier molecular flexibility index (Phi) is 4.89. The molecule has 11 heteroatoms. The molecule has 9 nitrogen and oxygen atoms in total. The Bertz CT molecular complexity index is 1300. The number of hydrogen-bond acceptors (Lipinski definition) is 6. The first-order valence-corrected chi connectivity index (χ1v) is 9.21. The number of halogens is 2. The third kappa shape index (κ3) is 3.76. The third-order valence-corrected chi connectivity index (χ3v) is 4.68. The highest BCUT2D eigenvalue weighted by Gasteiger charge is 2.13. The van der Waals surface area contributed by atoms with Gasteiger partial charge in [-0.05, 0) is 53.7 Å². The second-order valence-corrected chi connectivity index (χ2v) is 7.11. The number of carbonyl (C=O) groups excluding carboxylic acids is 1. The number of aryl methyl sites for hydroxylation is 1. The molecule has 0 bridgehead atoms. The van der Waals surface area contributed by atoms with Crippen LogP contribution in [0.3, 0.4) is 0 Å². The first-order valence-electron chi connectivity index (χ1n) is 8.42. The fourth-order valence-corrected chi connectivity index (χ4v) is 3.17. The average Bonchev–Trinajstić information content (AvgIpc) is 3.12. The Balaban J connectivity index is 1.58. The van der Waals surface area contributed by atoms with Crippen molar-refractivity contribution in [1.29, 1.82) is 0 Å². The molecular weight excluding hydrogens is 445 g/mol. The van der Waals surface area contributed by atoms with Gasteiger partial charge in [0.25, 0.3) is 5.56 Å². The minimum absolute atomic E-state index is 0.0969. The zero-order valence-corrected chi connectivity index (χ0v) is 16.6. The Morgan fingerprint density at radius 1 is 1.24 bits per heavy atom. The lowest BCUT2D eigenvalue weighted by Crippen LogP contribution is -2.28. The molecule has 0 atom stereocenters. The Labute approximate surface area is 171 Å². The molecule has 0 aliphatic heterocycles. The minimum Gasteiger partial charge on any atom is -0.324 e. The number of anilines is 1. The number of amides is 1. The normalized spacial score (nSPS) is 11.0. The molecule has 146 valence electrons. The number of carbonyl (C=O) groups is 1. The van der Waals surface area contributed by atoms with Gasteiger partial charge in [-0.3, -0.25) is 14.2 Å². The molecule has 1 amide bonds. The van der Waals surface area contributed by atoms with Crippen molar-refractivity contribution in [3.63, 3.8) is 0 Å². The highest BCUT2D eigenvalue weighted by molar-refractivity contribution is 9.10. The van der Waals surface area contributed by atoms with Crippen molar-refractivity contribution in [3.8, 4) is 5.69 Å². The van der Waals surface area contributed by atoms with Crippen LogP contribution in [0.5, 0.6) is 0 Å². The van der Waals surface area contributed by atoms with Gasteiger partial charge in [0.05, 0.1) is 17.2 Å². The molecule has 0 saturated carbocycles. The van der Waals surface area contributed by atoms with Crippen molar-refractivity contribution in [1.82, 2.24) is 29.8 Å². The summed E-state index contributed by atoms with van der Waals surface area (Å²) in [5, 5.41) is 14.0. The summed E-state index contributed by atoms with van der Waals surface area (Å²) in [4.78, 5) is 29.2. The number of tetrazole rings is 1. The van der Waals surface area contributed by atoms with Crippen LogP contribution in [0.2, 0.25) is 0 Å². The van der Waals surface area contributed by atoms with Crippen LogP contribution in [-0.2, 0) is 11.3 Å². The van der Waals surface area contributed by atoms with Gasteiger partial charge in [0.2, 0.25) is 5.91 Å². The summed E-state index contributed by atoms with van der Waals surface area (Å²) in [7, 11) is 0. The predicted octanol–water partition coefficient (Wildman–Crippen LogP) is 2.22. The van der Waals surface area contributed by atoms with Crippen molar-refractivity contribution in [2.75, 3.05) is 5.32 Å². The number of aromatic nitrogens is 6. The van der Waals surface area contributed by atoms with Gasteiger partial charge in [-0.2, -0.15) is 4.68 Å². The largest absolute Gasteiger partial charge is 0.324 e. The first kappa shape index (κ1) is 18.9. The van der Waals surface area contributed by atoms with Crippen molar-refractivity contribution in [2.24, 2.45) is 0 Å². The van der Waals surface area contributed by atoms with E-state index in [1.165, 1.54) is 33.8 Å². The number of rotatable bonds is 4. The number of nitrogens with zero attached hydrogens (tertiary/aromatic N) is 6. The molecule has 0 unspecified atom stereocenters. The molecule has 0 saturated heterocycles. The highest BCUT2D eigenvalue weighted by Crippen LogP contribution is 2.19. The van der Waals surface area contributed by atoms with Crippen molar-refractivity contribution in [2.45, 2.75) is 13.5 Å². The smallest absolute Gasteiger partial charge is 0.261 e. The van der Waals surface area contributed by atoms with Gasteiger partial charge >= 0.3 is 0 Å². The monoisotopic (exact) mass is 457 g/mol. The van der Waals surface area contributed by atoms with E-state index in [9.17, 15) is 14.0 Å². The van der Waals surface area contributed by atoms with Crippen LogP contribution in [0.4, 0.5) is 10.1 Å². The van der Waals surface area contributed by atoms with E-state index in [1.807, 2.05) is 0 Å². The molecule has 4 rings (SSSR count). The van der Waals surface area contributed by atoms with Crippen LogP contribution in [0.1, 0.15) is 5.82 Å². The zero-order chi connectivity index (χ0) is 20.5. The van der Waals surface area contributed by atoms with E-state index in [1.54, 1.807) is 25.1 Å². The van der Waals surface area contributed by atoms with Gasteiger partial charge in [0.15, 0.2) is 5.82 Å². The lowest BCUT2D eigenvalue weighted by molar-refractivity contribution is -0.116. The van der Waals surface area contributed by atoms with Crippen LogP contribution >= 0.6 is 15.9 Å². The van der Waals surface area contributed by atoms with E-state index >= 15 is 0 Å². The lowest BCUT2D eigenvalue weighted by Gasteiger charge is -2.10. The molecule has 29 heavy (non-hydrogen) atoms. The van der Waals surface area contributed by atoms with Gasteiger partial charge in [0, 0.05) is 10.2 Å². The van der Waals surface area contributed by atoms with E-state index in [-0.39, 0.29) is 17.8 Å². The number of fused-ring (bicyclic) bond motifs is 1. The van der Waals surface area contributed by atoms with Gasteiger partial charge in [-0.25, -0.2) is 9.37 Å². The van der Waals surface area contributed by atoms with Crippen molar-refractivity contribution >= 4 is 38.4 Å². The van der Waals surface area contributed by atoms with Gasteiger partial charge in [-0.1, -0.05) is 15.9 Å². The molecule has 2 heterocycles. The molecule has 4 aromatic rings. The predicted molar refractivity (Wildman–Crippen MR) is 106 cm³/mol. The molecule has 0 radical (unpaired) electrons. The summed E-state index contributed by atoms with van der Waals surface area (Å²) in [6.07, 6.45) is 1.32. The summed E-state index contributed by atoms with van der Waals surface area (Å²) in [6.45, 7) is 1.38. The summed E-state index contributed by atoms with van der Waals surface area (Å²) < 4.78 is 17.3. The van der Waals surface area contributed by atoms with Crippen LogP contribution in [-0.4, -0.2) is 35.7 Å². The van der Waals surface area contributed by atoms with Crippen LogP contribution in [0, 0.1) is 12.7 Å². The number of hydrogen-bond donors (Lipinski definition) is 1. The zero-order valence-electron chi connectivity index (χ0n) is 15.0. The van der Waals surface area contributed by atoms with Gasteiger partial charge < -0.3 is 5.32 Å². The highest BCUT2D eigenvalue weighted by atomic mass is 79.9. The molecular formula is C18H13BrFN7O2. The molecule has 0 aliphatic rings. The fraction of sp³-hybridized carbons (Fsp3) is 0.111. The van der Waals surface area contributed by atoms with E-state index in [0.717, 1.165) is 4.47 Å². The van der Waals surface area contributed by atoms with Crippen LogP contribution < -0.4 is 10.9 Å². The van der Waals surface area contributed by atoms with E-state index < -0.39 is 11.7 Å². The van der Waals surface area contributed by atoms with Gasteiger partial charge in [-0.15, -0.1) is 5.10 Å². The van der Waals surface area contributed by atoms with Gasteiger partial charge in [0.1, 0.15) is 18.0 Å². The van der Waals surface area contributed by atoms with Crippen molar-refractivity contribution < 1.29 is 9.18 Å². The molecule has 1 N–H and O–H groups in total. The van der Waals surface area contributed by atoms with E-state index in [0.29, 0.717) is 22.4 Å². The lowest BCUT2D eigenvalue weighted by atomic mass is 10.2. The van der Waals surface area contributed by atoms with Crippen LogP contribution in [0.15, 0.2) is 52.0 Å². The number of benzene rings is 2. The maximum atomic E-state index is 14.1. The second kappa shape index (κ2) is 7.51. The second-order valence-electron chi connectivity index (χ2n) is 6.19. The van der Waals surface area contributed by atoms with E-state index in [4.69, 9.17) is 0 Å². The summed E-state index contributed by atoms with van der Waals surface area (Å²) in [6, 6.07) is 9.17. The quantitative estimate of drug-likeness (QED) is 0.503. The van der Waals surface area contributed by atoms with Crippen LogP contribution in [0.25, 0.3) is 16.6 Å². The van der Waals surface area contributed by atoms with E-state index in [2.05, 4.69) is 41.8 Å². The molecule has 2 aromatic carbocycles. The summed E-state index contributed by atoms with van der Waals surface area (Å²) >= 11 is 3.32. The summed E-state index contributed by atoms with van der Waals surface area (Å²) in [5.41, 5.74) is 0.635. The topological polar surface area (TPSA) is 108 Å². The Morgan fingerprint density at radius 2 is 2.07 bits per heavy atom. The fourth-order valence-electron chi connectivity index (χ4n) is 2.81. The minimum atomic E-state index is -0.543. The Hall–Kier alpha value is -3.47. The number of nitrogens with one attached hydrogen (secondary N) is 1. The molecule has 0 aliphatic carbocycles. The summed E-state index contributed by atoms with van der Waals surface area (Å²) in [5.74, 6) is -0.611. The Morgan fingerprint density at radius 3 is 2.83 bits per heavy atom. The maximum Gasteiger partial charge on any atom is 0.261 e. The molecule has 0 spiro atoms. The molecule has 0 fully saturated rings. The first-order chi connectivity index (χ1) is 13.9. The standard InChI is InChI=1S/C18H13BrFN7O2/c1-10-23-24-25-27(10)16-7-12(3-4-14(16)20)22-17(28)8-26-9-21-15-5-2-11(19)6-13(15)18(26)29/h2-7,9H,8H2,1H3,(H,22,28). The average molecular weight is 458 g/mol. The maximum absolute atomic E-state index is 14.1.